The molecule has 0 radical (unpaired) electrons. The van der Waals surface area contributed by atoms with Gasteiger partial charge < -0.3 is 9.47 Å². The minimum Gasteiger partial charge on any atom is -0.493 e. The predicted octanol–water partition coefficient (Wildman–Crippen LogP) is 3.94. The summed E-state index contributed by atoms with van der Waals surface area (Å²) in [5.41, 5.74) is 3.20. The van der Waals surface area contributed by atoms with Crippen molar-refractivity contribution in [3.8, 4) is 11.5 Å². The number of carbonyl (C=O) groups excluding carboxylic acids is 1. The van der Waals surface area contributed by atoms with E-state index in [4.69, 9.17) is 21.1 Å². The zero-order valence-corrected chi connectivity index (χ0v) is 15.4. The first-order valence-corrected chi connectivity index (χ1v) is 8.37. The molecule has 0 aliphatic heterocycles. The molecule has 0 bridgehead atoms. The summed E-state index contributed by atoms with van der Waals surface area (Å²) in [6.07, 6.45) is 1.52. The SMILES string of the molecule is COc1cc(/C=N/Nc2ccc(Cl)nn2)ccc1OC(=O)c1ccccc1F. The Bertz CT molecular complexity index is 1010. The Morgan fingerprint density at radius 3 is 2.68 bits per heavy atom. The largest absolute Gasteiger partial charge is 0.493 e. The Morgan fingerprint density at radius 1 is 1.14 bits per heavy atom. The lowest BCUT2D eigenvalue weighted by Crippen LogP contribution is -2.11. The van der Waals surface area contributed by atoms with E-state index in [2.05, 4.69) is 20.7 Å². The number of methoxy groups -OCH3 is 1. The summed E-state index contributed by atoms with van der Waals surface area (Å²) >= 11 is 5.66. The van der Waals surface area contributed by atoms with Crippen LogP contribution in [-0.2, 0) is 0 Å². The molecule has 2 aromatic carbocycles. The first kappa shape index (κ1) is 19.2. The molecule has 0 fully saturated rings. The molecule has 28 heavy (non-hydrogen) atoms. The molecule has 1 N–H and O–H groups in total. The molecule has 7 nitrogen and oxygen atoms in total. The van der Waals surface area contributed by atoms with Crippen molar-refractivity contribution in [3.05, 3.63) is 76.7 Å². The van der Waals surface area contributed by atoms with Gasteiger partial charge in [0.15, 0.2) is 22.5 Å². The smallest absolute Gasteiger partial charge is 0.346 e. The van der Waals surface area contributed by atoms with Gasteiger partial charge in [0.1, 0.15) is 5.82 Å². The van der Waals surface area contributed by atoms with Crippen LogP contribution in [0, 0.1) is 5.82 Å². The van der Waals surface area contributed by atoms with Gasteiger partial charge in [0.2, 0.25) is 0 Å². The highest BCUT2D eigenvalue weighted by molar-refractivity contribution is 6.29. The molecule has 0 aliphatic carbocycles. The standard InChI is InChI=1S/C19H14ClFN4O3/c1-27-16-10-12(11-22-24-18-9-8-17(20)23-25-18)6-7-15(16)28-19(26)13-4-2-3-5-14(13)21/h2-11H,1H3,(H,24,25)/b22-11+. The maximum atomic E-state index is 13.7. The second-order valence-electron chi connectivity index (χ2n) is 5.39. The molecule has 142 valence electrons. The van der Waals surface area contributed by atoms with Crippen LogP contribution < -0.4 is 14.9 Å². The number of hydrogen-bond donors (Lipinski definition) is 1. The van der Waals surface area contributed by atoms with Crippen molar-refractivity contribution in [1.82, 2.24) is 10.2 Å². The number of esters is 1. The monoisotopic (exact) mass is 400 g/mol. The Balaban J connectivity index is 1.71. The molecular formula is C19H14ClFN4O3. The number of nitrogens with one attached hydrogen (secondary N) is 1. The number of rotatable bonds is 6. The van der Waals surface area contributed by atoms with Crippen molar-refractivity contribution in [1.29, 1.82) is 0 Å². The zero-order chi connectivity index (χ0) is 19.9. The van der Waals surface area contributed by atoms with Gasteiger partial charge >= 0.3 is 5.97 Å². The molecule has 3 rings (SSSR count). The number of carbonyl (C=O) groups is 1. The first-order chi connectivity index (χ1) is 13.6. The molecule has 0 saturated heterocycles. The summed E-state index contributed by atoms with van der Waals surface area (Å²) in [4.78, 5) is 12.2. The van der Waals surface area contributed by atoms with E-state index in [0.717, 1.165) is 0 Å². The quantitative estimate of drug-likeness (QED) is 0.292. The van der Waals surface area contributed by atoms with Crippen LogP contribution in [-0.4, -0.2) is 29.5 Å². The van der Waals surface area contributed by atoms with Gasteiger partial charge in [0, 0.05) is 0 Å². The van der Waals surface area contributed by atoms with Crippen LogP contribution >= 0.6 is 11.6 Å². The third-order valence-corrected chi connectivity index (χ3v) is 3.71. The lowest BCUT2D eigenvalue weighted by molar-refractivity contribution is 0.0725. The van der Waals surface area contributed by atoms with Crippen molar-refractivity contribution in [2.45, 2.75) is 0 Å². The zero-order valence-electron chi connectivity index (χ0n) is 14.6. The highest BCUT2D eigenvalue weighted by atomic mass is 35.5. The molecule has 0 unspecified atom stereocenters. The Labute approximate surface area is 164 Å². The Kier molecular flexibility index (Phi) is 6.13. The number of hydrazone groups is 1. The number of halogens is 2. The Morgan fingerprint density at radius 2 is 1.96 bits per heavy atom. The van der Waals surface area contributed by atoms with Crippen LogP contribution in [0.3, 0.4) is 0 Å². The van der Waals surface area contributed by atoms with E-state index in [0.29, 0.717) is 17.1 Å². The number of benzene rings is 2. The maximum absolute atomic E-state index is 13.7. The van der Waals surface area contributed by atoms with Gasteiger partial charge in [-0.15, -0.1) is 10.2 Å². The second-order valence-corrected chi connectivity index (χ2v) is 5.78. The van der Waals surface area contributed by atoms with Crippen LogP contribution in [0.25, 0.3) is 0 Å². The molecule has 1 heterocycles. The molecule has 3 aromatic rings. The number of aromatic nitrogens is 2. The summed E-state index contributed by atoms with van der Waals surface area (Å²) in [6.45, 7) is 0. The van der Waals surface area contributed by atoms with Gasteiger partial charge in [-0.05, 0) is 48.0 Å². The van der Waals surface area contributed by atoms with Gasteiger partial charge in [-0.1, -0.05) is 23.7 Å². The fraction of sp³-hybridized carbons (Fsp3) is 0.0526. The topological polar surface area (TPSA) is 85.7 Å². The fourth-order valence-corrected chi connectivity index (χ4v) is 2.28. The van der Waals surface area contributed by atoms with Crippen LogP contribution in [0.1, 0.15) is 15.9 Å². The van der Waals surface area contributed by atoms with Crippen molar-refractivity contribution in [3.63, 3.8) is 0 Å². The van der Waals surface area contributed by atoms with Crippen LogP contribution in [0.5, 0.6) is 11.5 Å². The summed E-state index contributed by atoms with van der Waals surface area (Å²) < 4.78 is 24.2. The van der Waals surface area contributed by atoms with E-state index < -0.39 is 11.8 Å². The summed E-state index contributed by atoms with van der Waals surface area (Å²) in [7, 11) is 1.43. The van der Waals surface area contributed by atoms with Crippen LogP contribution in [0.15, 0.2) is 59.7 Å². The van der Waals surface area contributed by atoms with E-state index >= 15 is 0 Å². The average molecular weight is 401 g/mol. The van der Waals surface area contributed by atoms with E-state index in [-0.39, 0.29) is 16.5 Å². The molecule has 0 spiro atoms. The van der Waals surface area contributed by atoms with Crippen LogP contribution in [0.2, 0.25) is 5.15 Å². The van der Waals surface area contributed by atoms with Gasteiger partial charge in [-0.25, -0.2) is 9.18 Å². The third kappa shape index (κ3) is 4.80. The predicted molar refractivity (Wildman–Crippen MR) is 103 cm³/mol. The Hall–Kier alpha value is -3.52. The van der Waals surface area contributed by atoms with Crippen molar-refractivity contribution in [2.24, 2.45) is 5.10 Å². The van der Waals surface area contributed by atoms with E-state index in [1.807, 2.05) is 0 Å². The summed E-state index contributed by atoms with van der Waals surface area (Å²) in [5.74, 6) is -0.611. The van der Waals surface area contributed by atoms with Gasteiger partial charge in [-0.2, -0.15) is 5.10 Å². The lowest BCUT2D eigenvalue weighted by atomic mass is 10.2. The van der Waals surface area contributed by atoms with Gasteiger partial charge in [-0.3, -0.25) is 5.43 Å². The third-order valence-electron chi connectivity index (χ3n) is 3.51. The van der Waals surface area contributed by atoms with E-state index in [9.17, 15) is 9.18 Å². The van der Waals surface area contributed by atoms with Crippen molar-refractivity contribution >= 4 is 29.6 Å². The number of anilines is 1. The lowest BCUT2D eigenvalue weighted by Gasteiger charge is -2.10. The molecular weight excluding hydrogens is 387 g/mol. The second kappa shape index (κ2) is 8.92. The van der Waals surface area contributed by atoms with Gasteiger partial charge in [0.05, 0.1) is 18.9 Å². The molecule has 9 heteroatoms. The normalized spacial score (nSPS) is 10.7. The average Bonchev–Trinajstić information content (AvgIpc) is 2.70. The number of ether oxygens (including phenoxy) is 2. The highest BCUT2D eigenvalue weighted by Crippen LogP contribution is 2.28. The minimum absolute atomic E-state index is 0.157. The van der Waals surface area contributed by atoms with E-state index in [1.165, 1.54) is 37.6 Å². The van der Waals surface area contributed by atoms with Gasteiger partial charge in [0.25, 0.3) is 0 Å². The highest BCUT2D eigenvalue weighted by Gasteiger charge is 2.16. The summed E-state index contributed by atoms with van der Waals surface area (Å²) in [5, 5.41) is 11.8. The molecule has 1 aromatic heterocycles. The van der Waals surface area contributed by atoms with E-state index in [1.54, 1.807) is 30.3 Å². The molecule has 0 aliphatic rings. The molecule has 0 atom stereocenters. The number of nitrogens with zero attached hydrogens (tertiary/aromatic N) is 3. The maximum Gasteiger partial charge on any atom is 0.346 e. The van der Waals surface area contributed by atoms with Crippen molar-refractivity contribution in [2.75, 3.05) is 12.5 Å². The summed E-state index contributed by atoms with van der Waals surface area (Å²) in [6, 6.07) is 13.6. The molecule has 0 saturated carbocycles. The molecule has 0 amide bonds. The minimum atomic E-state index is -0.819. The number of hydrogen-bond acceptors (Lipinski definition) is 7. The fourth-order valence-electron chi connectivity index (χ4n) is 2.18. The van der Waals surface area contributed by atoms with Crippen molar-refractivity contribution < 1.29 is 18.7 Å². The van der Waals surface area contributed by atoms with Crippen LogP contribution in [0.4, 0.5) is 10.2 Å². The first-order valence-electron chi connectivity index (χ1n) is 8.00.